The van der Waals surface area contributed by atoms with Gasteiger partial charge in [0.25, 0.3) is 11.8 Å². The second-order valence-electron chi connectivity index (χ2n) is 7.11. The molecule has 0 spiro atoms. The average molecular weight is 473 g/mol. The van der Waals surface area contributed by atoms with E-state index in [-0.39, 0.29) is 34.3 Å². The zero-order valence-electron chi connectivity index (χ0n) is 17.7. The first-order chi connectivity index (χ1) is 15.6. The van der Waals surface area contributed by atoms with Crippen LogP contribution in [0, 0.1) is 5.82 Å². The van der Waals surface area contributed by atoms with Crippen LogP contribution >= 0.6 is 0 Å². The van der Waals surface area contributed by atoms with E-state index in [0.717, 1.165) is 12.3 Å². The summed E-state index contributed by atoms with van der Waals surface area (Å²) >= 11 is 0. The van der Waals surface area contributed by atoms with E-state index in [2.05, 4.69) is 25.9 Å². The Bertz CT molecular complexity index is 1330. The van der Waals surface area contributed by atoms with Crippen molar-refractivity contribution in [2.45, 2.75) is 5.75 Å². The molecule has 0 aliphatic rings. The number of amides is 2. The summed E-state index contributed by atoms with van der Waals surface area (Å²) in [6.45, 7) is 0. The number of hydrogen-bond donors (Lipinski definition) is 4. The number of halogens is 1. The molecule has 0 saturated heterocycles. The Morgan fingerprint density at radius 3 is 2.55 bits per heavy atom. The first-order valence-electron chi connectivity index (χ1n) is 9.55. The molecule has 1 aromatic heterocycles. The maximum Gasteiger partial charge on any atom is 0.254 e. The molecule has 12 heteroatoms. The van der Waals surface area contributed by atoms with Crippen molar-refractivity contribution in [2.75, 3.05) is 23.9 Å². The van der Waals surface area contributed by atoms with Crippen molar-refractivity contribution in [2.24, 2.45) is 5.73 Å². The fourth-order valence-corrected chi connectivity index (χ4v) is 3.71. The van der Waals surface area contributed by atoms with Crippen LogP contribution in [-0.2, 0) is 15.6 Å². The predicted octanol–water partition coefficient (Wildman–Crippen LogP) is 2.11. The average Bonchev–Trinajstić information content (AvgIpc) is 2.73. The molecule has 0 saturated carbocycles. The lowest BCUT2D eigenvalue weighted by atomic mass is 10.2. The van der Waals surface area contributed by atoms with Crippen molar-refractivity contribution >= 4 is 44.8 Å². The van der Waals surface area contributed by atoms with Crippen LogP contribution in [-0.4, -0.2) is 43.5 Å². The fraction of sp³-hybridized carbons (Fsp3) is 0.143. The minimum atomic E-state index is -3.25. The fourth-order valence-electron chi connectivity index (χ4n) is 2.92. The number of primary amides is 1. The maximum absolute atomic E-state index is 14.3. The molecule has 0 aliphatic carbocycles. The highest BCUT2D eigenvalue weighted by Gasteiger charge is 2.15. The zero-order valence-corrected chi connectivity index (χ0v) is 18.5. The van der Waals surface area contributed by atoms with Crippen LogP contribution < -0.4 is 21.7 Å². The van der Waals surface area contributed by atoms with Gasteiger partial charge >= 0.3 is 0 Å². The number of aromatic nitrogens is 2. The summed E-state index contributed by atoms with van der Waals surface area (Å²) in [5, 5.41) is 8.04. The number of nitrogens with one attached hydrogen (secondary N) is 3. The Balaban J connectivity index is 1.94. The number of carbonyl (C=O) groups is 2. The number of sulfone groups is 1. The molecule has 3 rings (SSSR count). The number of hydrogen-bond acceptors (Lipinski definition) is 8. The normalized spacial score (nSPS) is 11.0. The number of benzene rings is 2. The van der Waals surface area contributed by atoms with E-state index in [9.17, 15) is 22.4 Å². The molecular weight excluding hydrogens is 451 g/mol. The topological polar surface area (TPSA) is 156 Å². The second kappa shape index (κ2) is 9.61. The first kappa shape index (κ1) is 23.6. The first-order valence-corrected chi connectivity index (χ1v) is 11.6. The summed E-state index contributed by atoms with van der Waals surface area (Å²) < 4.78 is 37.4. The largest absolute Gasteiger partial charge is 0.365 e. The summed E-state index contributed by atoms with van der Waals surface area (Å²) in [7, 11) is -1.80. The predicted molar refractivity (Wildman–Crippen MR) is 122 cm³/mol. The molecule has 1 heterocycles. The zero-order chi connectivity index (χ0) is 24.2. The monoisotopic (exact) mass is 472 g/mol. The van der Waals surface area contributed by atoms with Gasteiger partial charge in [-0.15, -0.1) is 0 Å². The molecule has 33 heavy (non-hydrogen) atoms. The van der Waals surface area contributed by atoms with Crippen LogP contribution in [0.25, 0.3) is 0 Å². The quantitative estimate of drug-likeness (QED) is 0.388. The van der Waals surface area contributed by atoms with E-state index in [1.54, 1.807) is 24.3 Å². The third-order valence-corrected chi connectivity index (χ3v) is 5.23. The van der Waals surface area contributed by atoms with Gasteiger partial charge < -0.3 is 21.7 Å². The molecule has 0 atom stereocenters. The Kier molecular flexibility index (Phi) is 6.87. The molecule has 0 fully saturated rings. The summed E-state index contributed by atoms with van der Waals surface area (Å²) in [5.74, 6) is -2.05. The molecule has 5 N–H and O–H groups in total. The van der Waals surface area contributed by atoms with E-state index in [1.807, 2.05) is 0 Å². The van der Waals surface area contributed by atoms with Gasteiger partial charge in [-0.3, -0.25) is 9.59 Å². The molecule has 0 radical (unpaired) electrons. The van der Waals surface area contributed by atoms with E-state index in [4.69, 9.17) is 5.73 Å². The number of carbonyl (C=O) groups excluding carboxylic acids is 2. The van der Waals surface area contributed by atoms with E-state index in [1.165, 1.54) is 25.4 Å². The molecule has 3 aromatic rings. The highest BCUT2D eigenvalue weighted by molar-refractivity contribution is 7.89. The molecule has 2 amide bonds. The van der Waals surface area contributed by atoms with E-state index in [0.29, 0.717) is 11.3 Å². The van der Waals surface area contributed by atoms with Crippen LogP contribution in [0.15, 0.2) is 48.7 Å². The number of nitrogens with zero attached hydrogens (tertiary/aromatic N) is 2. The number of rotatable bonds is 8. The lowest BCUT2D eigenvalue weighted by Crippen LogP contribution is -2.18. The Morgan fingerprint density at radius 2 is 1.88 bits per heavy atom. The minimum Gasteiger partial charge on any atom is -0.365 e. The Morgan fingerprint density at radius 1 is 1.12 bits per heavy atom. The summed E-state index contributed by atoms with van der Waals surface area (Å²) in [6.07, 6.45) is 2.29. The Labute approximate surface area is 189 Å². The van der Waals surface area contributed by atoms with Crippen LogP contribution in [0.4, 0.5) is 27.5 Å². The van der Waals surface area contributed by atoms with Gasteiger partial charge in [-0.1, -0.05) is 12.1 Å². The smallest absolute Gasteiger partial charge is 0.254 e. The number of anilines is 4. The second-order valence-corrected chi connectivity index (χ2v) is 9.25. The van der Waals surface area contributed by atoms with Gasteiger partial charge in [0.05, 0.1) is 11.4 Å². The van der Waals surface area contributed by atoms with E-state index < -0.39 is 27.5 Å². The van der Waals surface area contributed by atoms with Crippen LogP contribution in [0.1, 0.15) is 26.3 Å². The van der Waals surface area contributed by atoms with Crippen molar-refractivity contribution in [3.8, 4) is 0 Å². The minimum absolute atomic E-state index is 0.0272. The van der Waals surface area contributed by atoms with Crippen LogP contribution in [0.3, 0.4) is 0 Å². The number of nitrogens with two attached hydrogens (primary N) is 1. The summed E-state index contributed by atoms with van der Waals surface area (Å²) in [6, 6.07) is 10.3. The van der Waals surface area contributed by atoms with Crippen LogP contribution in [0.5, 0.6) is 0 Å². The molecule has 172 valence electrons. The molecule has 0 unspecified atom stereocenters. The molecule has 0 bridgehead atoms. The SMILES string of the molecule is CNC(=O)c1ccc(F)c(Nc2ncc(C(N)=O)c(Nc3cccc(CS(C)(=O)=O)c3)n2)c1. The van der Waals surface area contributed by atoms with Crippen molar-refractivity contribution in [1.29, 1.82) is 0 Å². The highest BCUT2D eigenvalue weighted by atomic mass is 32.2. The van der Waals surface area contributed by atoms with E-state index >= 15 is 0 Å². The standard InChI is InChI=1S/C21H21FN6O4S/c1-24-20(30)13-6-7-16(22)17(9-13)27-21-25-10-15(18(23)29)19(28-21)26-14-5-3-4-12(8-14)11-33(2,31)32/h3-10H,11H2,1-2H3,(H2,23,29)(H,24,30)(H2,25,26,27,28). The van der Waals surface area contributed by atoms with Crippen LogP contribution in [0.2, 0.25) is 0 Å². The summed E-state index contributed by atoms with van der Waals surface area (Å²) in [5.41, 5.74) is 6.53. The lowest BCUT2D eigenvalue weighted by Gasteiger charge is -2.13. The molecule has 10 nitrogen and oxygen atoms in total. The third kappa shape index (κ3) is 6.23. The van der Waals surface area contributed by atoms with Gasteiger partial charge in [-0.05, 0) is 35.9 Å². The van der Waals surface area contributed by atoms with Gasteiger partial charge in [0.2, 0.25) is 5.95 Å². The lowest BCUT2D eigenvalue weighted by molar-refractivity contribution is 0.0961. The van der Waals surface area contributed by atoms with Crippen molar-refractivity contribution in [3.63, 3.8) is 0 Å². The Hall–Kier alpha value is -4.06. The van der Waals surface area contributed by atoms with Gasteiger partial charge in [-0.2, -0.15) is 4.98 Å². The third-order valence-electron chi connectivity index (χ3n) is 4.37. The van der Waals surface area contributed by atoms with Gasteiger partial charge in [0, 0.05) is 30.8 Å². The maximum atomic E-state index is 14.3. The van der Waals surface area contributed by atoms with Crippen molar-refractivity contribution in [3.05, 3.63) is 71.2 Å². The van der Waals surface area contributed by atoms with Gasteiger partial charge in [-0.25, -0.2) is 17.8 Å². The van der Waals surface area contributed by atoms with Gasteiger partial charge in [0.15, 0.2) is 9.84 Å². The van der Waals surface area contributed by atoms with Gasteiger partial charge in [0.1, 0.15) is 17.2 Å². The molecule has 2 aromatic carbocycles. The van der Waals surface area contributed by atoms with Crippen molar-refractivity contribution in [1.82, 2.24) is 15.3 Å². The summed E-state index contributed by atoms with van der Waals surface area (Å²) in [4.78, 5) is 31.9. The van der Waals surface area contributed by atoms with Crippen molar-refractivity contribution < 1.29 is 22.4 Å². The highest BCUT2D eigenvalue weighted by Crippen LogP contribution is 2.24. The molecule has 0 aliphatic heterocycles. The molecular formula is C21H21FN6O4S.